The number of hydrogen-bond donors (Lipinski definition) is 2. The van der Waals surface area contributed by atoms with Crippen LogP contribution in [0.2, 0.25) is 0 Å². The van der Waals surface area contributed by atoms with Crippen molar-refractivity contribution in [3.63, 3.8) is 0 Å². The molecule has 8 nitrogen and oxygen atoms in total. The summed E-state index contributed by atoms with van der Waals surface area (Å²) in [6, 6.07) is 3.94. The van der Waals surface area contributed by atoms with Crippen molar-refractivity contribution in [1.29, 1.82) is 0 Å². The van der Waals surface area contributed by atoms with E-state index in [1.165, 1.54) is 12.1 Å². The highest BCUT2D eigenvalue weighted by Gasteiger charge is 2.32. The fourth-order valence-electron chi connectivity index (χ4n) is 2.07. The Hall–Kier alpha value is -3.55. The molecule has 3 rings (SSSR count). The van der Waals surface area contributed by atoms with Gasteiger partial charge in [-0.1, -0.05) is 18.8 Å². The number of benzene rings is 1. The lowest BCUT2D eigenvalue weighted by atomic mass is 10.2. The number of rotatable bonds is 4. The maximum absolute atomic E-state index is 12.7. The highest BCUT2D eigenvalue weighted by Crippen LogP contribution is 2.32. The van der Waals surface area contributed by atoms with Crippen molar-refractivity contribution in [3.8, 4) is 17.6 Å². The van der Waals surface area contributed by atoms with Gasteiger partial charge in [0.2, 0.25) is 11.3 Å². The molecule has 11 heteroatoms. The van der Waals surface area contributed by atoms with Gasteiger partial charge in [-0.2, -0.15) is 4.98 Å². The monoisotopic (exact) mass is 379 g/mol. The van der Waals surface area contributed by atoms with Gasteiger partial charge in [0.05, 0.1) is 5.69 Å². The molecule has 0 aliphatic rings. The van der Waals surface area contributed by atoms with Crippen LogP contribution < -0.4 is 15.6 Å². The molecule has 0 fully saturated rings. The Labute approximate surface area is 149 Å². The first-order chi connectivity index (χ1) is 12.9. The zero-order chi connectivity index (χ0) is 19.4. The van der Waals surface area contributed by atoms with Crippen LogP contribution in [0.3, 0.4) is 0 Å². The largest absolute Gasteiger partial charge is 0.573 e. The minimum atomic E-state index is -4.92. The summed E-state index contributed by atoms with van der Waals surface area (Å²) in [5.74, 6) is 4.75. The van der Waals surface area contributed by atoms with Crippen molar-refractivity contribution in [2.24, 2.45) is 0 Å². The van der Waals surface area contributed by atoms with E-state index in [4.69, 9.17) is 0 Å². The molecule has 0 radical (unpaired) electrons. The molecule has 140 valence electrons. The van der Waals surface area contributed by atoms with Crippen molar-refractivity contribution in [1.82, 2.24) is 20.3 Å². The van der Waals surface area contributed by atoms with E-state index < -0.39 is 17.7 Å². The van der Waals surface area contributed by atoms with Gasteiger partial charge in [0.25, 0.3) is 5.56 Å². The van der Waals surface area contributed by atoms with Crippen LogP contribution in [0, 0.1) is 11.8 Å². The third-order valence-electron chi connectivity index (χ3n) is 3.20. The van der Waals surface area contributed by atoms with E-state index in [9.17, 15) is 18.0 Å². The summed E-state index contributed by atoms with van der Waals surface area (Å²) in [7, 11) is 0. The quantitative estimate of drug-likeness (QED) is 0.671. The lowest BCUT2D eigenvalue weighted by molar-refractivity contribution is -0.274. The summed E-state index contributed by atoms with van der Waals surface area (Å²) < 4.78 is 46.7. The molecular formula is C16H12F3N5O3. The fraction of sp³-hybridized carbons (Fsp3) is 0.250. The SMILES string of the molecule is CCCC#Cc1ccc(Nc2nc3nonc3[nH]c2=O)c(OC(F)(F)F)c1. The first-order valence-corrected chi connectivity index (χ1v) is 7.74. The molecular weight excluding hydrogens is 367 g/mol. The number of alkyl halides is 3. The zero-order valence-corrected chi connectivity index (χ0v) is 13.8. The van der Waals surface area contributed by atoms with Crippen molar-refractivity contribution in [2.45, 2.75) is 26.1 Å². The van der Waals surface area contributed by atoms with E-state index >= 15 is 0 Å². The summed E-state index contributed by atoms with van der Waals surface area (Å²) in [6.07, 6.45) is -3.49. The lowest BCUT2D eigenvalue weighted by Crippen LogP contribution is -2.19. The van der Waals surface area contributed by atoms with Crippen molar-refractivity contribution in [2.75, 3.05) is 5.32 Å². The maximum atomic E-state index is 12.7. The zero-order valence-electron chi connectivity index (χ0n) is 13.8. The molecule has 2 aromatic heterocycles. The van der Waals surface area contributed by atoms with E-state index in [0.717, 1.165) is 12.5 Å². The highest BCUT2D eigenvalue weighted by molar-refractivity contribution is 5.70. The normalized spacial score (nSPS) is 11.1. The van der Waals surface area contributed by atoms with Gasteiger partial charge in [0.1, 0.15) is 0 Å². The second-order valence-electron chi connectivity index (χ2n) is 5.29. The van der Waals surface area contributed by atoms with Gasteiger partial charge in [0.15, 0.2) is 11.6 Å². The van der Waals surface area contributed by atoms with Crippen LogP contribution in [-0.4, -0.2) is 26.6 Å². The maximum Gasteiger partial charge on any atom is 0.573 e. The van der Waals surface area contributed by atoms with Crippen molar-refractivity contribution < 1.29 is 22.5 Å². The van der Waals surface area contributed by atoms with Crippen LogP contribution in [0.4, 0.5) is 24.7 Å². The molecule has 0 aliphatic carbocycles. The Balaban J connectivity index is 1.98. The summed E-state index contributed by atoms with van der Waals surface area (Å²) in [4.78, 5) is 18.2. The predicted octanol–water partition coefficient (Wildman–Crippen LogP) is 3.10. The predicted molar refractivity (Wildman–Crippen MR) is 88.4 cm³/mol. The van der Waals surface area contributed by atoms with Gasteiger partial charge < -0.3 is 10.1 Å². The van der Waals surface area contributed by atoms with Gasteiger partial charge in [0, 0.05) is 12.0 Å². The second-order valence-corrected chi connectivity index (χ2v) is 5.29. The Morgan fingerprint density at radius 2 is 2.15 bits per heavy atom. The van der Waals surface area contributed by atoms with Gasteiger partial charge in [-0.25, -0.2) is 4.63 Å². The minimum Gasteiger partial charge on any atom is -0.404 e. The standard InChI is InChI=1S/C16H12F3N5O3/c1-2-3-4-5-9-6-7-10(11(8-9)26-16(17,18)19)20-14-15(25)22-13-12(21-14)23-27-24-13/h6-8H,2-3H2,1H3,(H,20,21,23)(H,22,24,25). The van der Waals surface area contributed by atoms with Gasteiger partial charge >= 0.3 is 6.36 Å². The van der Waals surface area contributed by atoms with Crippen LogP contribution >= 0.6 is 0 Å². The molecule has 2 N–H and O–H groups in total. The third kappa shape index (κ3) is 4.55. The summed E-state index contributed by atoms with van der Waals surface area (Å²) in [5.41, 5.74) is -0.507. The number of nitrogens with zero attached hydrogens (tertiary/aromatic N) is 3. The molecule has 0 spiro atoms. The van der Waals surface area contributed by atoms with Crippen LogP contribution in [-0.2, 0) is 0 Å². The van der Waals surface area contributed by atoms with Crippen molar-refractivity contribution >= 4 is 22.8 Å². The number of unbranched alkanes of at least 4 members (excludes halogenated alkanes) is 1. The van der Waals surface area contributed by atoms with Gasteiger partial charge in [-0.05, 0) is 34.9 Å². The van der Waals surface area contributed by atoms with Crippen molar-refractivity contribution in [3.05, 3.63) is 34.1 Å². The molecule has 0 atom stereocenters. The number of H-pyrrole nitrogens is 1. The smallest absolute Gasteiger partial charge is 0.404 e. The lowest BCUT2D eigenvalue weighted by Gasteiger charge is -2.14. The number of aromatic nitrogens is 4. The molecule has 1 aromatic carbocycles. The van der Waals surface area contributed by atoms with Crippen LogP contribution in [0.25, 0.3) is 11.3 Å². The molecule has 0 unspecified atom stereocenters. The van der Waals surface area contributed by atoms with Gasteiger partial charge in [-0.15, -0.1) is 13.2 Å². The number of halogens is 3. The Morgan fingerprint density at radius 1 is 1.33 bits per heavy atom. The summed E-state index contributed by atoms with van der Waals surface area (Å²) in [5, 5.41) is 9.39. The minimum absolute atomic E-state index is 0.0128. The Bertz CT molecular complexity index is 1080. The number of aromatic amines is 1. The molecule has 3 aromatic rings. The molecule has 2 heterocycles. The van der Waals surface area contributed by atoms with Crippen LogP contribution in [0.15, 0.2) is 27.6 Å². The number of ether oxygens (including phenoxy) is 1. The Kier molecular flexibility index (Phi) is 4.98. The average Bonchev–Trinajstić information content (AvgIpc) is 3.03. The number of hydrogen-bond acceptors (Lipinski definition) is 7. The van der Waals surface area contributed by atoms with E-state index in [2.05, 4.69) is 46.8 Å². The average molecular weight is 379 g/mol. The fourth-order valence-corrected chi connectivity index (χ4v) is 2.07. The van der Waals surface area contributed by atoms with Crippen LogP contribution in [0.1, 0.15) is 25.3 Å². The summed E-state index contributed by atoms with van der Waals surface area (Å²) in [6.45, 7) is 1.94. The molecule has 0 saturated carbocycles. The highest BCUT2D eigenvalue weighted by atomic mass is 19.4. The third-order valence-corrected chi connectivity index (χ3v) is 3.20. The molecule has 27 heavy (non-hydrogen) atoms. The van der Waals surface area contributed by atoms with Gasteiger partial charge in [-0.3, -0.25) is 9.78 Å². The number of nitrogens with one attached hydrogen (secondary N) is 2. The first-order valence-electron chi connectivity index (χ1n) is 7.74. The molecule has 0 bridgehead atoms. The molecule has 0 amide bonds. The summed E-state index contributed by atoms with van der Waals surface area (Å²) >= 11 is 0. The topological polar surface area (TPSA) is 106 Å². The van der Waals surface area contributed by atoms with E-state index in [1.807, 2.05) is 6.92 Å². The van der Waals surface area contributed by atoms with Crippen LogP contribution in [0.5, 0.6) is 5.75 Å². The first kappa shape index (κ1) is 18.2. The second kappa shape index (κ2) is 7.36. The van der Waals surface area contributed by atoms with E-state index in [0.29, 0.717) is 12.0 Å². The molecule has 0 saturated heterocycles. The van der Waals surface area contributed by atoms with E-state index in [-0.39, 0.29) is 22.8 Å². The van der Waals surface area contributed by atoms with E-state index in [1.54, 1.807) is 0 Å². The number of anilines is 2. The molecule has 0 aliphatic heterocycles. The number of fused-ring (bicyclic) bond motifs is 1. The Morgan fingerprint density at radius 3 is 2.89 bits per heavy atom.